The molecule has 1 saturated heterocycles. The van der Waals surface area contributed by atoms with Gasteiger partial charge in [0.15, 0.2) is 0 Å². The molecule has 0 radical (unpaired) electrons. The molecule has 0 bridgehead atoms. The molecule has 0 aliphatic carbocycles. The first-order valence-electron chi connectivity index (χ1n) is 9.41. The smallest absolute Gasteiger partial charge is 0.427 e. The number of rotatable bonds is 4. The molecular formula is C19H35F3N2O5. The lowest BCUT2D eigenvalue weighted by Crippen LogP contribution is -2.43. The van der Waals surface area contributed by atoms with Gasteiger partial charge in [0.1, 0.15) is 12.8 Å². The number of likely N-dealkylation sites (tertiary alicyclic amines) is 1. The fourth-order valence-corrected chi connectivity index (χ4v) is 2.12. The molecule has 0 aromatic rings. The first-order chi connectivity index (χ1) is 13.1. The van der Waals surface area contributed by atoms with Gasteiger partial charge in [-0.3, -0.25) is 4.79 Å². The number of hydrogen-bond acceptors (Lipinski definition) is 5. The summed E-state index contributed by atoms with van der Waals surface area (Å²) in [6, 6.07) is 0. The summed E-state index contributed by atoms with van der Waals surface area (Å²) in [5.74, 6) is 0.731. The van der Waals surface area contributed by atoms with Crippen LogP contribution in [0.15, 0.2) is 0 Å². The van der Waals surface area contributed by atoms with Gasteiger partial charge >= 0.3 is 12.3 Å². The molecule has 2 N–H and O–H groups in total. The summed E-state index contributed by atoms with van der Waals surface area (Å²) in [6.45, 7) is 13.2. The van der Waals surface area contributed by atoms with Crippen molar-refractivity contribution in [3.05, 3.63) is 0 Å². The van der Waals surface area contributed by atoms with E-state index in [1.54, 1.807) is 4.90 Å². The van der Waals surface area contributed by atoms with Crippen LogP contribution in [0.5, 0.6) is 0 Å². The topological polar surface area (TPSA) is 95.9 Å². The molecule has 172 valence electrons. The van der Waals surface area contributed by atoms with Gasteiger partial charge in [-0.25, -0.2) is 4.79 Å². The van der Waals surface area contributed by atoms with Crippen molar-refractivity contribution in [2.45, 2.75) is 60.7 Å². The number of aliphatic hydroxyl groups excluding tert-OH is 1. The second-order valence-corrected chi connectivity index (χ2v) is 8.10. The molecule has 10 heteroatoms. The number of halogens is 3. The molecule has 2 amide bonds. The maximum Gasteiger partial charge on any atom is 0.427 e. The third-order valence-electron chi connectivity index (χ3n) is 3.94. The summed E-state index contributed by atoms with van der Waals surface area (Å²) in [5.41, 5.74) is -0.0472. The minimum absolute atomic E-state index is 0.0472. The van der Waals surface area contributed by atoms with E-state index in [0.29, 0.717) is 13.1 Å². The van der Waals surface area contributed by atoms with Crippen molar-refractivity contribution >= 4 is 18.3 Å². The summed E-state index contributed by atoms with van der Waals surface area (Å²) < 4.78 is 41.0. The lowest BCUT2D eigenvalue weighted by atomic mass is 9.84. The molecule has 2 atom stereocenters. The Morgan fingerprint density at radius 3 is 2.07 bits per heavy atom. The van der Waals surface area contributed by atoms with E-state index in [9.17, 15) is 22.8 Å². The monoisotopic (exact) mass is 428 g/mol. The van der Waals surface area contributed by atoms with Gasteiger partial charge in [-0.05, 0) is 24.2 Å². The number of alkyl carbamates (subject to hydrolysis) is 1. The number of ether oxygens (including phenoxy) is 1. The Morgan fingerprint density at radius 2 is 1.76 bits per heavy atom. The van der Waals surface area contributed by atoms with E-state index in [1.165, 1.54) is 6.92 Å². The lowest BCUT2D eigenvalue weighted by Gasteiger charge is -2.22. The molecule has 1 fully saturated rings. The van der Waals surface area contributed by atoms with Crippen LogP contribution in [0.3, 0.4) is 0 Å². The van der Waals surface area contributed by atoms with Gasteiger partial charge in [0.05, 0.1) is 6.61 Å². The summed E-state index contributed by atoms with van der Waals surface area (Å²) in [4.78, 5) is 33.5. The zero-order valence-electron chi connectivity index (χ0n) is 18.3. The Balaban J connectivity index is 0. The Hall–Kier alpha value is -1.84. The zero-order chi connectivity index (χ0) is 23.4. The van der Waals surface area contributed by atoms with Crippen molar-refractivity contribution in [3.63, 3.8) is 0 Å². The van der Waals surface area contributed by atoms with Crippen molar-refractivity contribution < 1.29 is 37.4 Å². The number of nitrogens with one attached hydrogen (secondary N) is 1. The summed E-state index contributed by atoms with van der Waals surface area (Å²) in [6.07, 6.45) is -8.10. The number of carbonyl (C=O) groups excluding carboxylic acids is 3. The molecule has 2 unspecified atom stereocenters. The van der Waals surface area contributed by atoms with Gasteiger partial charge in [0, 0.05) is 13.1 Å². The Kier molecular flexibility index (Phi) is 13.6. The molecular weight excluding hydrogens is 393 g/mol. The second kappa shape index (κ2) is 13.4. The van der Waals surface area contributed by atoms with Gasteiger partial charge in [-0.1, -0.05) is 41.5 Å². The van der Waals surface area contributed by atoms with E-state index >= 15 is 0 Å². The number of amides is 2. The normalized spacial score (nSPS) is 18.6. The maximum absolute atomic E-state index is 12.3. The zero-order valence-corrected chi connectivity index (χ0v) is 18.3. The average molecular weight is 428 g/mol. The van der Waals surface area contributed by atoms with E-state index in [4.69, 9.17) is 9.90 Å². The molecule has 7 nitrogen and oxygen atoms in total. The molecule has 29 heavy (non-hydrogen) atoms. The van der Waals surface area contributed by atoms with Crippen LogP contribution in [0, 0.1) is 17.3 Å². The number of aldehydes is 1. The third-order valence-corrected chi connectivity index (χ3v) is 3.94. The molecule has 1 aliphatic heterocycles. The predicted octanol–water partition coefficient (Wildman–Crippen LogP) is 3.01. The van der Waals surface area contributed by atoms with E-state index in [-0.39, 0.29) is 17.2 Å². The molecule has 0 spiro atoms. The van der Waals surface area contributed by atoms with Crippen LogP contribution >= 0.6 is 0 Å². The highest BCUT2D eigenvalue weighted by molar-refractivity contribution is 5.82. The van der Waals surface area contributed by atoms with Crippen LogP contribution in [0.25, 0.3) is 0 Å². The minimum Gasteiger partial charge on any atom is -0.434 e. The van der Waals surface area contributed by atoms with Crippen molar-refractivity contribution in [1.29, 1.82) is 0 Å². The van der Waals surface area contributed by atoms with Crippen LogP contribution < -0.4 is 5.32 Å². The van der Waals surface area contributed by atoms with Gasteiger partial charge in [-0.2, -0.15) is 13.2 Å². The van der Waals surface area contributed by atoms with Crippen molar-refractivity contribution in [2.75, 3.05) is 26.2 Å². The van der Waals surface area contributed by atoms with E-state index in [1.807, 2.05) is 26.1 Å². The Labute approximate surface area is 171 Å². The molecule has 1 heterocycles. The maximum atomic E-state index is 12.3. The third kappa shape index (κ3) is 13.1. The summed E-state index contributed by atoms with van der Waals surface area (Å²) >= 11 is 0. The molecule has 1 aliphatic rings. The quantitative estimate of drug-likeness (QED) is 0.671. The van der Waals surface area contributed by atoms with Crippen molar-refractivity contribution in [1.82, 2.24) is 10.2 Å². The Bertz CT molecular complexity index is 508. The second-order valence-electron chi connectivity index (χ2n) is 8.10. The van der Waals surface area contributed by atoms with Gasteiger partial charge < -0.3 is 24.9 Å². The highest BCUT2D eigenvalue weighted by atomic mass is 19.4. The van der Waals surface area contributed by atoms with Crippen LogP contribution in [-0.2, 0) is 14.3 Å². The number of aliphatic hydroxyl groups is 1. The fraction of sp³-hybridized carbons (Fsp3) is 0.842. The largest absolute Gasteiger partial charge is 0.434 e. The predicted molar refractivity (Wildman–Crippen MR) is 103 cm³/mol. The van der Waals surface area contributed by atoms with Gasteiger partial charge in [-0.15, -0.1) is 0 Å². The molecule has 0 aromatic carbocycles. The summed E-state index contributed by atoms with van der Waals surface area (Å²) in [7, 11) is 0. The van der Waals surface area contributed by atoms with Crippen molar-refractivity contribution in [2.24, 2.45) is 17.3 Å². The standard InChI is InChI=1S/C13H21F3N2O4.C4H10.C2H4O/c1-8-5-18(7-12(8,2)3)10(20)4-17-11(21)22-9(6-19)13(14,15)16;1-4(2)3;1-2-3/h8-9,19H,4-7H2,1-3H3,(H,17,21);4H,1-3H3;2H,1H3. The molecule has 0 aromatic heterocycles. The summed E-state index contributed by atoms with van der Waals surface area (Å²) in [5, 5.41) is 10.5. The van der Waals surface area contributed by atoms with Crippen molar-refractivity contribution in [3.8, 4) is 0 Å². The highest BCUT2D eigenvalue weighted by Crippen LogP contribution is 2.34. The lowest BCUT2D eigenvalue weighted by molar-refractivity contribution is -0.212. The molecule has 1 rings (SSSR count). The Morgan fingerprint density at radius 1 is 1.31 bits per heavy atom. The number of alkyl halides is 3. The number of carbonyl (C=O) groups is 3. The van der Waals surface area contributed by atoms with E-state index in [0.717, 1.165) is 12.2 Å². The minimum atomic E-state index is -4.86. The number of hydrogen-bond donors (Lipinski definition) is 2. The first kappa shape index (κ1) is 29.4. The van der Waals surface area contributed by atoms with Crippen LogP contribution in [0.1, 0.15) is 48.5 Å². The van der Waals surface area contributed by atoms with Crippen LogP contribution in [0.4, 0.5) is 18.0 Å². The SMILES string of the molecule is CC(C)C.CC1CN(C(=O)CNC(=O)OC(CO)C(F)(F)F)CC1(C)C.CC=O. The first-order valence-corrected chi connectivity index (χ1v) is 9.41. The fourth-order valence-electron chi connectivity index (χ4n) is 2.12. The molecule has 0 saturated carbocycles. The van der Waals surface area contributed by atoms with E-state index in [2.05, 4.69) is 25.5 Å². The van der Waals surface area contributed by atoms with Gasteiger partial charge in [0.25, 0.3) is 0 Å². The van der Waals surface area contributed by atoms with Gasteiger partial charge in [0.2, 0.25) is 12.0 Å². The van der Waals surface area contributed by atoms with Crippen LogP contribution in [-0.4, -0.2) is 66.8 Å². The number of nitrogens with zero attached hydrogens (tertiary/aromatic N) is 1. The highest BCUT2D eigenvalue weighted by Gasteiger charge is 2.43. The average Bonchev–Trinajstić information content (AvgIpc) is 2.83. The van der Waals surface area contributed by atoms with E-state index < -0.39 is 31.5 Å². The van der Waals surface area contributed by atoms with Crippen LogP contribution in [0.2, 0.25) is 0 Å².